The number of ether oxygens (including phenoxy) is 1. The Morgan fingerprint density at radius 1 is 1.47 bits per heavy atom. The largest absolute Gasteiger partial charge is 0.497 e. The molecule has 0 aromatic heterocycles. The average Bonchev–Trinajstić information content (AvgIpc) is 2.31. The van der Waals surface area contributed by atoms with E-state index >= 15 is 0 Å². The third kappa shape index (κ3) is 2.59. The van der Waals surface area contributed by atoms with Crippen LogP contribution in [0, 0.1) is 0 Å². The zero-order valence-corrected chi connectivity index (χ0v) is 8.73. The van der Waals surface area contributed by atoms with Gasteiger partial charge in [0.05, 0.1) is 7.11 Å². The van der Waals surface area contributed by atoms with Gasteiger partial charge >= 0.3 is 0 Å². The zero-order chi connectivity index (χ0) is 10.5. The van der Waals surface area contributed by atoms with Crippen LogP contribution in [0.1, 0.15) is 5.56 Å². The van der Waals surface area contributed by atoms with Gasteiger partial charge in [0, 0.05) is 18.8 Å². The third-order valence-electron chi connectivity index (χ3n) is 2.27. The lowest BCUT2D eigenvalue weighted by Gasteiger charge is -2.08. The minimum absolute atomic E-state index is 0.682. The average molecular weight is 202 g/mol. The van der Waals surface area contributed by atoms with E-state index < -0.39 is 0 Å². The fourth-order valence-electron chi connectivity index (χ4n) is 1.54. The second-order valence-electron chi connectivity index (χ2n) is 3.42. The van der Waals surface area contributed by atoms with E-state index in [9.17, 15) is 0 Å². The lowest BCUT2D eigenvalue weighted by Crippen LogP contribution is -2.12. The van der Waals surface area contributed by atoms with E-state index in [1.807, 2.05) is 30.6 Å². The number of benzene rings is 1. The molecule has 15 heavy (non-hydrogen) atoms. The van der Waals surface area contributed by atoms with Crippen molar-refractivity contribution in [3.63, 3.8) is 0 Å². The first kappa shape index (κ1) is 9.77. The first-order valence-electron chi connectivity index (χ1n) is 4.93. The molecule has 0 radical (unpaired) electrons. The normalized spacial score (nSPS) is 14.3. The summed E-state index contributed by atoms with van der Waals surface area (Å²) in [4.78, 5) is 4.16. The molecule has 0 amide bonds. The highest BCUT2D eigenvalue weighted by Crippen LogP contribution is 2.15. The van der Waals surface area contributed by atoms with E-state index in [1.165, 1.54) is 11.1 Å². The number of nitrogens with zero attached hydrogens (tertiary/aromatic N) is 1. The smallest absolute Gasteiger partial charge is 0.119 e. The standard InChI is InChI=1S/C12H14N2O/c1-15-12-4-2-3-10(6-12)5-11-7-13-9-14-8-11/h2-4,6-8,13H,5,9H2,1H3. The molecule has 3 nitrogen and oxygen atoms in total. The predicted molar refractivity (Wildman–Crippen MR) is 61.3 cm³/mol. The monoisotopic (exact) mass is 202 g/mol. The maximum absolute atomic E-state index is 5.18. The summed E-state index contributed by atoms with van der Waals surface area (Å²) in [6, 6.07) is 8.09. The highest BCUT2D eigenvalue weighted by Gasteiger charge is 2.01. The van der Waals surface area contributed by atoms with Crippen LogP contribution in [0.3, 0.4) is 0 Å². The summed E-state index contributed by atoms with van der Waals surface area (Å²) in [5.41, 5.74) is 2.42. The Morgan fingerprint density at radius 2 is 2.40 bits per heavy atom. The summed E-state index contributed by atoms with van der Waals surface area (Å²) >= 11 is 0. The van der Waals surface area contributed by atoms with Crippen LogP contribution >= 0.6 is 0 Å². The molecule has 1 aromatic carbocycles. The Kier molecular flexibility index (Phi) is 3.02. The van der Waals surface area contributed by atoms with Crippen LogP contribution in [0.2, 0.25) is 0 Å². The lowest BCUT2D eigenvalue weighted by atomic mass is 10.1. The van der Waals surface area contributed by atoms with Gasteiger partial charge in [0.2, 0.25) is 0 Å². The molecule has 1 aliphatic heterocycles. The van der Waals surface area contributed by atoms with E-state index in [-0.39, 0.29) is 0 Å². The van der Waals surface area contributed by atoms with Gasteiger partial charge in [-0.05, 0) is 23.3 Å². The Morgan fingerprint density at radius 3 is 3.13 bits per heavy atom. The van der Waals surface area contributed by atoms with E-state index in [0.717, 1.165) is 12.2 Å². The van der Waals surface area contributed by atoms with Crippen molar-refractivity contribution in [1.82, 2.24) is 5.32 Å². The highest BCUT2D eigenvalue weighted by atomic mass is 16.5. The minimum atomic E-state index is 0.682. The number of hydrogen-bond donors (Lipinski definition) is 1. The Hall–Kier alpha value is -1.77. The van der Waals surface area contributed by atoms with Crippen molar-refractivity contribution in [2.45, 2.75) is 6.42 Å². The van der Waals surface area contributed by atoms with Crippen LogP contribution in [-0.4, -0.2) is 20.0 Å². The summed E-state index contributed by atoms with van der Waals surface area (Å²) in [5.74, 6) is 0.897. The fourth-order valence-corrected chi connectivity index (χ4v) is 1.54. The van der Waals surface area contributed by atoms with Crippen molar-refractivity contribution in [2.75, 3.05) is 13.8 Å². The predicted octanol–water partition coefficient (Wildman–Crippen LogP) is 1.75. The molecule has 0 fully saturated rings. The van der Waals surface area contributed by atoms with Gasteiger partial charge in [-0.15, -0.1) is 0 Å². The third-order valence-corrected chi connectivity index (χ3v) is 2.27. The fraction of sp³-hybridized carbons (Fsp3) is 0.250. The maximum Gasteiger partial charge on any atom is 0.119 e. The molecule has 0 spiro atoms. The SMILES string of the molecule is COc1cccc(CC2=CNCN=C2)c1. The number of allylic oxidation sites excluding steroid dienone is 1. The molecule has 3 heteroatoms. The molecule has 0 atom stereocenters. The van der Waals surface area contributed by atoms with Crippen LogP contribution in [0.15, 0.2) is 41.0 Å². The Bertz CT molecular complexity index is 396. The summed E-state index contributed by atoms with van der Waals surface area (Å²) in [7, 11) is 1.68. The first-order chi connectivity index (χ1) is 7.38. The second-order valence-corrected chi connectivity index (χ2v) is 3.42. The van der Waals surface area contributed by atoms with Gasteiger partial charge in [0.15, 0.2) is 0 Å². The quantitative estimate of drug-likeness (QED) is 0.810. The molecule has 2 rings (SSSR count). The summed E-state index contributed by atoms with van der Waals surface area (Å²) in [6.07, 6.45) is 4.80. The molecule has 78 valence electrons. The summed E-state index contributed by atoms with van der Waals surface area (Å²) in [6.45, 7) is 0.682. The second kappa shape index (κ2) is 4.64. The van der Waals surface area contributed by atoms with Crippen LogP contribution in [0.25, 0.3) is 0 Å². The van der Waals surface area contributed by atoms with Gasteiger partial charge in [-0.2, -0.15) is 0 Å². The Balaban J connectivity index is 2.10. The number of hydrogen-bond acceptors (Lipinski definition) is 3. The van der Waals surface area contributed by atoms with Crippen molar-refractivity contribution in [1.29, 1.82) is 0 Å². The Labute approximate surface area is 89.5 Å². The van der Waals surface area contributed by atoms with Gasteiger partial charge in [0.1, 0.15) is 12.4 Å². The molecule has 0 bridgehead atoms. The molecular weight excluding hydrogens is 188 g/mol. The molecule has 1 heterocycles. The minimum Gasteiger partial charge on any atom is -0.497 e. The van der Waals surface area contributed by atoms with Crippen LogP contribution < -0.4 is 10.1 Å². The van der Waals surface area contributed by atoms with Crippen molar-refractivity contribution in [3.05, 3.63) is 41.6 Å². The molecular formula is C12H14N2O. The molecule has 1 aliphatic rings. The van der Waals surface area contributed by atoms with Crippen LogP contribution in [0.4, 0.5) is 0 Å². The van der Waals surface area contributed by atoms with E-state index in [4.69, 9.17) is 4.74 Å². The topological polar surface area (TPSA) is 33.6 Å². The number of aliphatic imine (C=N–C) groups is 1. The molecule has 0 unspecified atom stereocenters. The molecule has 1 aromatic rings. The number of methoxy groups -OCH3 is 1. The molecule has 1 N–H and O–H groups in total. The maximum atomic E-state index is 5.18. The zero-order valence-electron chi connectivity index (χ0n) is 8.73. The van der Waals surface area contributed by atoms with Crippen molar-refractivity contribution in [3.8, 4) is 5.75 Å². The number of nitrogens with one attached hydrogen (secondary N) is 1. The van der Waals surface area contributed by atoms with Crippen LogP contribution in [-0.2, 0) is 6.42 Å². The van der Waals surface area contributed by atoms with Crippen molar-refractivity contribution in [2.24, 2.45) is 4.99 Å². The molecule has 0 aliphatic carbocycles. The van der Waals surface area contributed by atoms with Gasteiger partial charge in [-0.1, -0.05) is 12.1 Å². The van der Waals surface area contributed by atoms with Gasteiger partial charge < -0.3 is 10.1 Å². The lowest BCUT2D eigenvalue weighted by molar-refractivity contribution is 0.414. The van der Waals surface area contributed by atoms with Crippen molar-refractivity contribution >= 4 is 6.21 Å². The van der Waals surface area contributed by atoms with Gasteiger partial charge in [-0.3, -0.25) is 4.99 Å². The van der Waals surface area contributed by atoms with Crippen molar-refractivity contribution < 1.29 is 4.74 Å². The van der Waals surface area contributed by atoms with E-state index in [1.54, 1.807) is 7.11 Å². The molecule has 0 saturated heterocycles. The van der Waals surface area contributed by atoms with Gasteiger partial charge in [-0.25, -0.2) is 0 Å². The van der Waals surface area contributed by atoms with Crippen LogP contribution in [0.5, 0.6) is 5.75 Å². The summed E-state index contributed by atoms with van der Waals surface area (Å²) < 4.78 is 5.18. The summed E-state index contributed by atoms with van der Waals surface area (Å²) in [5, 5.41) is 3.09. The first-order valence-corrected chi connectivity index (χ1v) is 4.93. The number of rotatable bonds is 3. The van der Waals surface area contributed by atoms with Gasteiger partial charge in [0.25, 0.3) is 0 Å². The van der Waals surface area contributed by atoms with E-state index in [0.29, 0.717) is 6.67 Å². The van der Waals surface area contributed by atoms with E-state index in [2.05, 4.69) is 16.4 Å². The molecule has 0 saturated carbocycles. The highest BCUT2D eigenvalue weighted by molar-refractivity contribution is 5.79.